The number of hydrogen-bond donors (Lipinski definition) is 0. The average molecular weight is 635 g/mol. The van der Waals surface area contributed by atoms with Crippen LogP contribution >= 0.6 is 0 Å². The van der Waals surface area contributed by atoms with Gasteiger partial charge in [0.15, 0.2) is 23.6 Å². The van der Waals surface area contributed by atoms with E-state index in [1.165, 1.54) is 27.9 Å². The van der Waals surface area contributed by atoms with Crippen molar-refractivity contribution in [3.63, 3.8) is 0 Å². The number of hydrogen-bond acceptors (Lipinski definition) is 4. The fourth-order valence-electron chi connectivity index (χ4n) is 6.66. The first-order chi connectivity index (χ1) is 23.0. The van der Waals surface area contributed by atoms with Crippen molar-refractivity contribution in [1.29, 1.82) is 0 Å². The molecule has 48 heavy (non-hydrogen) atoms. The van der Waals surface area contributed by atoms with Gasteiger partial charge in [-0.15, -0.1) is 0 Å². The molecule has 0 amide bonds. The van der Waals surface area contributed by atoms with Gasteiger partial charge in [-0.05, 0) is 87.6 Å². The Labute approximate surface area is 281 Å². The van der Waals surface area contributed by atoms with Crippen molar-refractivity contribution < 1.29 is 18.0 Å². The van der Waals surface area contributed by atoms with E-state index in [2.05, 4.69) is 141 Å². The molecule has 6 nitrogen and oxygen atoms in total. The third-order valence-corrected chi connectivity index (χ3v) is 9.34. The van der Waals surface area contributed by atoms with Crippen LogP contribution in [0.3, 0.4) is 0 Å². The van der Waals surface area contributed by atoms with E-state index in [4.69, 9.17) is 8.83 Å². The van der Waals surface area contributed by atoms with Crippen molar-refractivity contribution in [2.24, 2.45) is 14.1 Å². The van der Waals surface area contributed by atoms with E-state index in [1.54, 1.807) is 0 Å². The average Bonchev–Trinajstić information content (AvgIpc) is 3.59. The topological polar surface area (TPSA) is 59.8 Å². The maximum absolute atomic E-state index is 6.23. The molecule has 8 rings (SSSR count). The lowest BCUT2D eigenvalue weighted by Crippen LogP contribution is -2.31. The van der Waals surface area contributed by atoms with Gasteiger partial charge < -0.3 is 8.83 Å². The number of pyridine rings is 4. The summed E-state index contributed by atoms with van der Waals surface area (Å²) in [5.41, 5.74) is 14.8. The van der Waals surface area contributed by atoms with E-state index in [0.29, 0.717) is 17.3 Å². The number of rotatable bonds is 3. The zero-order valence-corrected chi connectivity index (χ0v) is 29.3. The molecular formula is C42H42N4O2+2. The van der Waals surface area contributed by atoms with Crippen LogP contribution in [0.5, 0.6) is 0 Å². The fraction of sp³-hybridized carbons (Fsp3) is 0.238. The SMILES string of the molecule is Cc1ccc(-c2c(C)ccc3c2oc2nc(C)ccc23)[n+](C)c1.Cc1ccc2c(n1)oc1c(-c3cc(C(C)C)cc[n+]3C)c(C)ccc12. The molecule has 0 fully saturated rings. The summed E-state index contributed by atoms with van der Waals surface area (Å²) in [6.45, 7) is 14.8. The molecule has 0 saturated carbocycles. The molecule has 0 N–H and O–H groups in total. The van der Waals surface area contributed by atoms with E-state index < -0.39 is 0 Å². The first-order valence-corrected chi connectivity index (χ1v) is 16.6. The molecular weight excluding hydrogens is 592 g/mol. The van der Waals surface area contributed by atoms with Gasteiger partial charge in [0.25, 0.3) is 0 Å². The van der Waals surface area contributed by atoms with Crippen LogP contribution in [0.1, 0.15) is 53.4 Å². The Hall–Kier alpha value is -5.36. The molecule has 0 aliphatic heterocycles. The highest BCUT2D eigenvalue weighted by molar-refractivity contribution is 6.09. The molecule has 0 atom stereocenters. The normalized spacial score (nSPS) is 11.6. The van der Waals surface area contributed by atoms with E-state index in [0.717, 1.165) is 60.9 Å². The minimum Gasteiger partial charge on any atom is -0.437 e. The van der Waals surface area contributed by atoms with Crippen LogP contribution in [0.4, 0.5) is 0 Å². The zero-order chi connectivity index (χ0) is 33.9. The monoisotopic (exact) mass is 634 g/mol. The van der Waals surface area contributed by atoms with Crippen molar-refractivity contribution >= 4 is 44.1 Å². The number of nitrogens with zero attached hydrogens (tertiary/aromatic N) is 4. The van der Waals surface area contributed by atoms with Gasteiger partial charge in [-0.3, -0.25) is 0 Å². The lowest BCUT2D eigenvalue weighted by Gasteiger charge is -2.09. The Morgan fingerprint density at radius 3 is 1.60 bits per heavy atom. The maximum Gasteiger partial charge on any atom is 0.227 e. The van der Waals surface area contributed by atoms with Crippen LogP contribution in [0.2, 0.25) is 0 Å². The van der Waals surface area contributed by atoms with Gasteiger partial charge in [-0.1, -0.05) is 38.1 Å². The summed E-state index contributed by atoms with van der Waals surface area (Å²) >= 11 is 0. The molecule has 240 valence electrons. The number of furan rings is 2. The molecule has 8 aromatic rings. The van der Waals surface area contributed by atoms with Gasteiger partial charge in [-0.2, -0.15) is 0 Å². The molecule has 0 aliphatic rings. The predicted octanol–water partition coefficient (Wildman–Crippen LogP) is 9.61. The molecule has 6 heteroatoms. The first-order valence-electron chi connectivity index (χ1n) is 16.6. The fourth-order valence-corrected chi connectivity index (χ4v) is 6.66. The van der Waals surface area contributed by atoms with Crippen LogP contribution < -0.4 is 9.13 Å². The second-order valence-electron chi connectivity index (χ2n) is 13.4. The van der Waals surface area contributed by atoms with Gasteiger partial charge in [0.1, 0.15) is 14.1 Å². The summed E-state index contributed by atoms with van der Waals surface area (Å²) in [5, 5.41) is 4.39. The number of benzene rings is 2. The minimum absolute atomic E-state index is 0.486. The van der Waals surface area contributed by atoms with E-state index in [1.807, 2.05) is 26.0 Å². The van der Waals surface area contributed by atoms with Crippen LogP contribution in [-0.4, -0.2) is 9.97 Å². The standard InChI is InChI=1S/C22H23N2O.C20H19N2O/c1-13(2)16-10-11-24(5)19(12-16)20-14(3)6-8-17-18-9-7-15(4)23-22(18)25-21(17)20;1-12-5-10-17(22(4)11-12)18-13(2)6-8-15-16-9-7-14(3)21-20(16)23-19(15)18/h6-13H,1-5H3;5-11H,1-4H3/q2*+1. The second-order valence-corrected chi connectivity index (χ2v) is 13.4. The smallest absolute Gasteiger partial charge is 0.227 e. The third kappa shape index (κ3) is 5.41. The molecule has 0 saturated heterocycles. The molecule has 0 aliphatic carbocycles. The Balaban J connectivity index is 0.000000152. The van der Waals surface area contributed by atoms with E-state index in [9.17, 15) is 0 Å². The summed E-state index contributed by atoms with van der Waals surface area (Å²) in [6.07, 6.45) is 4.27. The minimum atomic E-state index is 0.486. The predicted molar refractivity (Wildman–Crippen MR) is 194 cm³/mol. The van der Waals surface area contributed by atoms with Crippen LogP contribution in [0, 0.1) is 34.6 Å². The van der Waals surface area contributed by atoms with Crippen molar-refractivity contribution in [3.8, 4) is 22.5 Å². The van der Waals surface area contributed by atoms with Gasteiger partial charge in [0, 0.05) is 56.7 Å². The number of aryl methyl sites for hydroxylation is 7. The quantitative estimate of drug-likeness (QED) is 0.182. The summed E-state index contributed by atoms with van der Waals surface area (Å²) in [5.74, 6) is 0.486. The van der Waals surface area contributed by atoms with E-state index >= 15 is 0 Å². The molecule has 6 heterocycles. The highest BCUT2D eigenvalue weighted by atomic mass is 16.3. The number of aromatic nitrogens is 4. The Bertz CT molecular complexity index is 2520. The molecule has 0 bridgehead atoms. The highest BCUT2D eigenvalue weighted by Crippen LogP contribution is 2.38. The summed E-state index contributed by atoms with van der Waals surface area (Å²) in [4.78, 5) is 9.11. The van der Waals surface area contributed by atoms with Gasteiger partial charge in [-0.25, -0.2) is 19.1 Å². The molecule has 0 spiro atoms. The largest absolute Gasteiger partial charge is 0.437 e. The molecule has 2 aromatic carbocycles. The molecule has 0 unspecified atom stereocenters. The van der Waals surface area contributed by atoms with Gasteiger partial charge in [0.05, 0.1) is 11.1 Å². The lowest BCUT2D eigenvalue weighted by atomic mass is 9.97. The first kappa shape index (κ1) is 31.3. The summed E-state index contributed by atoms with van der Waals surface area (Å²) in [7, 11) is 4.16. The molecule has 6 aromatic heterocycles. The lowest BCUT2D eigenvalue weighted by molar-refractivity contribution is -0.660. The summed E-state index contributed by atoms with van der Waals surface area (Å²) in [6, 6.07) is 25.6. The third-order valence-electron chi connectivity index (χ3n) is 9.34. The van der Waals surface area contributed by atoms with Crippen molar-refractivity contribution in [2.45, 2.75) is 54.4 Å². The van der Waals surface area contributed by atoms with Crippen molar-refractivity contribution in [3.05, 3.63) is 119 Å². The Morgan fingerprint density at radius 1 is 0.562 bits per heavy atom. The molecule has 0 radical (unpaired) electrons. The van der Waals surface area contributed by atoms with Crippen LogP contribution in [0.15, 0.2) is 94.0 Å². The van der Waals surface area contributed by atoms with Gasteiger partial charge >= 0.3 is 0 Å². The maximum atomic E-state index is 6.23. The number of fused-ring (bicyclic) bond motifs is 6. The van der Waals surface area contributed by atoms with Crippen molar-refractivity contribution in [1.82, 2.24) is 9.97 Å². The van der Waals surface area contributed by atoms with Crippen LogP contribution in [-0.2, 0) is 14.1 Å². The Morgan fingerprint density at radius 2 is 1.08 bits per heavy atom. The summed E-state index contributed by atoms with van der Waals surface area (Å²) < 4.78 is 16.7. The van der Waals surface area contributed by atoms with Crippen LogP contribution in [0.25, 0.3) is 66.7 Å². The van der Waals surface area contributed by atoms with Gasteiger partial charge in [0.2, 0.25) is 22.8 Å². The second kappa shape index (κ2) is 12.0. The highest BCUT2D eigenvalue weighted by Gasteiger charge is 2.23. The Kier molecular flexibility index (Phi) is 7.83. The zero-order valence-electron chi connectivity index (χ0n) is 29.3. The van der Waals surface area contributed by atoms with E-state index in [-0.39, 0.29) is 0 Å². The van der Waals surface area contributed by atoms with Crippen molar-refractivity contribution in [2.75, 3.05) is 0 Å².